The first-order valence-corrected chi connectivity index (χ1v) is 8.15. The number of aromatic nitrogens is 2. The van der Waals surface area contributed by atoms with E-state index in [4.69, 9.17) is 23.2 Å². The molecule has 5 nitrogen and oxygen atoms in total. The molecule has 96 valence electrons. The summed E-state index contributed by atoms with van der Waals surface area (Å²) >= 11 is 15.9. The van der Waals surface area contributed by atoms with Crippen LogP contribution >= 0.6 is 50.7 Å². The molecule has 1 aromatic carbocycles. The van der Waals surface area contributed by atoms with Gasteiger partial charge in [0.2, 0.25) is 0 Å². The maximum absolute atomic E-state index is 12.1. The van der Waals surface area contributed by atoms with Crippen LogP contribution in [0.1, 0.15) is 0 Å². The molecule has 10 heteroatoms. The van der Waals surface area contributed by atoms with E-state index in [9.17, 15) is 8.42 Å². The fourth-order valence-corrected chi connectivity index (χ4v) is 4.80. The fourth-order valence-electron chi connectivity index (χ4n) is 1.18. The van der Waals surface area contributed by atoms with Gasteiger partial charge in [0.05, 0.1) is 16.2 Å². The monoisotopic (exact) mass is 387 g/mol. The number of anilines is 1. The predicted octanol–water partition coefficient (Wildman–Crippen LogP) is 3.41. The molecule has 1 heterocycles. The normalized spacial score (nSPS) is 11.5. The number of halogens is 3. The highest BCUT2D eigenvalue weighted by molar-refractivity contribution is 9.10. The topological polar surface area (TPSA) is 72.0 Å². The van der Waals surface area contributed by atoms with Gasteiger partial charge >= 0.3 is 0 Å². The van der Waals surface area contributed by atoms with Crippen LogP contribution in [0.5, 0.6) is 0 Å². The van der Waals surface area contributed by atoms with Gasteiger partial charge in [-0.05, 0) is 12.1 Å². The maximum Gasteiger partial charge on any atom is 0.265 e. The fraction of sp³-hybridized carbons (Fsp3) is 0. The van der Waals surface area contributed by atoms with E-state index >= 15 is 0 Å². The maximum atomic E-state index is 12.1. The summed E-state index contributed by atoms with van der Waals surface area (Å²) in [6.07, 6.45) is 1.29. The van der Waals surface area contributed by atoms with Gasteiger partial charge in [0.15, 0.2) is 0 Å². The molecule has 0 aliphatic carbocycles. The molecule has 2 aromatic rings. The Morgan fingerprint density at radius 1 is 1.28 bits per heavy atom. The van der Waals surface area contributed by atoms with Crippen LogP contribution in [0.2, 0.25) is 10.0 Å². The summed E-state index contributed by atoms with van der Waals surface area (Å²) in [5.74, 6) is 0. The summed E-state index contributed by atoms with van der Waals surface area (Å²) in [5, 5.41) is 3.86. The van der Waals surface area contributed by atoms with Gasteiger partial charge in [-0.1, -0.05) is 43.6 Å². The highest BCUT2D eigenvalue weighted by Gasteiger charge is 2.23. The van der Waals surface area contributed by atoms with Crippen LogP contribution in [-0.4, -0.2) is 18.0 Å². The van der Waals surface area contributed by atoms with Gasteiger partial charge < -0.3 is 0 Å². The van der Waals surface area contributed by atoms with E-state index in [2.05, 4.69) is 30.2 Å². The van der Waals surface area contributed by atoms with Crippen molar-refractivity contribution in [2.24, 2.45) is 0 Å². The molecule has 0 atom stereocenters. The molecule has 2 rings (SSSR count). The summed E-state index contributed by atoms with van der Waals surface area (Å²) in [5.41, 5.74) is 0. The summed E-state index contributed by atoms with van der Waals surface area (Å²) < 4.78 is 30.7. The number of hydrogen-bond acceptors (Lipinski definition) is 5. The summed E-state index contributed by atoms with van der Waals surface area (Å²) in [6.45, 7) is 0. The predicted molar refractivity (Wildman–Crippen MR) is 74.9 cm³/mol. The summed E-state index contributed by atoms with van der Waals surface area (Å²) in [6, 6.07) is 2.90. The van der Waals surface area contributed by atoms with Crippen molar-refractivity contribution in [3.63, 3.8) is 0 Å². The molecular weight excluding hydrogens is 385 g/mol. The lowest BCUT2D eigenvalue weighted by Crippen LogP contribution is -2.13. The second-order valence-corrected chi connectivity index (χ2v) is 7.22. The first-order valence-electron chi connectivity index (χ1n) is 4.35. The van der Waals surface area contributed by atoms with Crippen LogP contribution in [0.4, 0.5) is 5.00 Å². The van der Waals surface area contributed by atoms with Crippen molar-refractivity contribution in [1.82, 2.24) is 9.59 Å². The number of rotatable bonds is 3. The lowest BCUT2D eigenvalue weighted by Gasteiger charge is -2.09. The smallest absolute Gasteiger partial charge is 0.265 e. The number of benzene rings is 1. The Morgan fingerprint density at radius 3 is 2.39 bits per heavy atom. The largest absolute Gasteiger partial charge is 0.268 e. The Labute approximate surface area is 125 Å². The molecule has 0 unspecified atom stereocenters. The van der Waals surface area contributed by atoms with Crippen LogP contribution in [0, 0.1) is 0 Å². The summed E-state index contributed by atoms with van der Waals surface area (Å²) in [4.78, 5) is -0.178. The van der Waals surface area contributed by atoms with Gasteiger partial charge in [0, 0.05) is 16.0 Å². The van der Waals surface area contributed by atoms with Gasteiger partial charge in [-0.2, -0.15) is 0 Å². The molecule has 0 aliphatic heterocycles. The Kier molecular flexibility index (Phi) is 4.12. The molecule has 0 radical (unpaired) electrons. The van der Waals surface area contributed by atoms with Crippen molar-refractivity contribution in [2.45, 2.75) is 4.90 Å². The SMILES string of the molecule is O=S(=O)(Nc1cnns1)c1c(Cl)cc(Br)cc1Cl. The first kappa shape index (κ1) is 14.0. The van der Waals surface area contributed by atoms with E-state index in [1.165, 1.54) is 18.3 Å². The van der Waals surface area contributed by atoms with Crippen LogP contribution < -0.4 is 4.72 Å². The standard InChI is InChI=1S/C8H4BrCl2N3O2S2/c9-4-1-5(10)8(6(11)2-4)18(15,16)13-7-3-12-14-17-7/h1-3,13H. The molecule has 0 fully saturated rings. The summed E-state index contributed by atoms with van der Waals surface area (Å²) in [7, 11) is -3.87. The van der Waals surface area contributed by atoms with Crippen LogP contribution in [0.3, 0.4) is 0 Å². The third-order valence-corrected chi connectivity index (χ3v) is 5.28. The third-order valence-electron chi connectivity index (χ3n) is 1.83. The molecule has 0 saturated carbocycles. The Morgan fingerprint density at radius 2 is 1.89 bits per heavy atom. The van der Waals surface area contributed by atoms with Gasteiger partial charge in [-0.25, -0.2) is 8.42 Å². The van der Waals surface area contributed by atoms with Crippen molar-refractivity contribution >= 4 is 65.7 Å². The lowest BCUT2D eigenvalue weighted by molar-refractivity contribution is 0.601. The van der Waals surface area contributed by atoms with Crippen molar-refractivity contribution in [1.29, 1.82) is 0 Å². The van der Waals surface area contributed by atoms with Crippen LogP contribution in [0.15, 0.2) is 27.7 Å². The van der Waals surface area contributed by atoms with Gasteiger partial charge in [0.25, 0.3) is 10.0 Å². The Balaban J connectivity index is 2.48. The second kappa shape index (κ2) is 5.30. The Bertz CT molecular complexity index is 653. The van der Waals surface area contributed by atoms with E-state index in [0.29, 0.717) is 4.47 Å². The number of hydrogen-bond donors (Lipinski definition) is 1. The molecule has 0 saturated heterocycles. The Hall–Kier alpha value is -0.410. The average Bonchev–Trinajstić information content (AvgIpc) is 2.66. The minimum Gasteiger partial charge on any atom is -0.268 e. The zero-order chi connectivity index (χ0) is 13.3. The molecule has 1 aromatic heterocycles. The molecule has 0 aliphatic rings. The van der Waals surface area contributed by atoms with Crippen molar-refractivity contribution in [3.05, 3.63) is 32.8 Å². The van der Waals surface area contributed by atoms with Crippen molar-refractivity contribution in [2.75, 3.05) is 4.72 Å². The highest BCUT2D eigenvalue weighted by Crippen LogP contribution is 2.34. The molecular formula is C8H4BrCl2N3O2S2. The van der Waals surface area contributed by atoms with E-state index < -0.39 is 10.0 Å². The van der Waals surface area contributed by atoms with E-state index in [0.717, 1.165) is 11.5 Å². The van der Waals surface area contributed by atoms with Crippen LogP contribution in [-0.2, 0) is 10.0 Å². The zero-order valence-electron chi connectivity index (χ0n) is 8.39. The molecule has 0 bridgehead atoms. The molecule has 0 spiro atoms. The highest BCUT2D eigenvalue weighted by atomic mass is 79.9. The quantitative estimate of drug-likeness (QED) is 0.874. The van der Waals surface area contributed by atoms with E-state index in [-0.39, 0.29) is 19.9 Å². The second-order valence-electron chi connectivity index (χ2n) is 3.09. The van der Waals surface area contributed by atoms with Gasteiger partial charge in [-0.3, -0.25) is 4.72 Å². The van der Waals surface area contributed by atoms with E-state index in [1.807, 2.05) is 0 Å². The zero-order valence-corrected chi connectivity index (χ0v) is 13.1. The number of nitrogens with one attached hydrogen (secondary N) is 1. The number of sulfonamides is 1. The molecule has 0 amide bonds. The molecule has 18 heavy (non-hydrogen) atoms. The minimum absolute atomic E-state index is 0.0272. The minimum atomic E-state index is -3.87. The first-order chi connectivity index (χ1) is 8.40. The molecule has 1 N–H and O–H groups in total. The van der Waals surface area contributed by atoms with Crippen molar-refractivity contribution < 1.29 is 8.42 Å². The third kappa shape index (κ3) is 2.94. The van der Waals surface area contributed by atoms with Crippen molar-refractivity contribution in [3.8, 4) is 0 Å². The van der Waals surface area contributed by atoms with Gasteiger partial charge in [-0.15, -0.1) is 5.10 Å². The average molecular weight is 389 g/mol. The van der Waals surface area contributed by atoms with Gasteiger partial charge in [0.1, 0.15) is 9.90 Å². The van der Waals surface area contributed by atoms with E-state index in [1.54, 1.807) is 0 Å². The lowest BCUT2D eigenvalue weighted by atomic mass is 10.4. The number of nitrogens with zero attached hydrogens (tertiary/aromatic N) is 2. The van der Waals surface area contributed by atoms with Crippen LogP contribution in [0.25, 0.3) is 0 Å².